The number of nitrogens with one attached hydrogen (secondary N) is 2. The lowest BCUT2D eigenvalue weighted by molar-refractivity contribution is 0.102. The van der Waals surface area contributed by atoms with Crippen LogP contribution in [0.5, 0.6) is 5.88 Å². The molecular formula is C24H20F2N4O5S. The molecule has 1 amide bonds. The first-order valence-corrected chi connectivity index (χ1v) is 11.9. The van der Waals surface area contributed by atoms with Crippen molar-refractivity contribution in [1.82, 2.24) is 9.97 Å². The zero-order chi connectivity index (χ0) is 26.0. The third-order valence-electron chi connectivity index (χ3n) is 5.12. The molecule has 0 saturated carbocycles. The highest BCUT2D eigenvalue weighted by atomic mass is 32.2. The van der Waals surface area contributed by atoms with Gasteiger partial charge in [0.05, 0.1) is 24.7 Å². The highest BCUT2D eigenvalue weighted by Crippen LogP contribution is 2.30. The highest BCUT2D eigenvalue weighted by Gasteiger charge is 2.24. The minimum Gasteiger partial charge on any atom is -0.480 e. The van der Waals surface area contributed by atoms with Gasteiger partial charge in [-0.25, -0.2) is 27.2 Å². The molecule has 4 rings (SSSR count). The summed E-state index contributed by atoms with van der Waals surface area (Å²) < 4.78 is 65.9. The summed E-state index contributed by atoms with van der Waals surface area (Å²) in [6.07, 6.45) is 2.33. The van der Waals surface area contributed by atoms with Gasteiger partial charge in [-0.15, -0.1) is 0 Å². The second kappa shape index (κ2) is 9.74. The Balaban J connectivity index is 1.60. The van der Waals surface area contributed by atoms with E-state index in [4.69, 9.17) is 9.15 Å². The number of halogens is 2. The highest BCUT2D eigenvalue weighted by molar-refractivity contribution is 7.92. The van der Waals surface area contributed by atoms with Crippen LogP contribution in [0.15, 0.2) is 64.2 Å². The molecule has 2 N–H and O–H groups in total. The molecule has 36 heavy (non-hydrogen) atoms. The van der Waals surface area contributed by atoms with Crippen molar-refractivity contribution in [3.8, 4) is 17.3 Å². The number of nitrogens with zero attached hydrogens (tertiary/aromatic N) is 2. The molecule has 0 aliphatic rings. The maximum atomic E-state index is 13.6. The molecule has 0 radical (unpaired) electrons. The SMILES string of the molecule is COc1ncc(NC(=O)c2coc(-c3ccc(F)cc3)n2)cc1S(=O)(=O)Nc1c(C)cc(F)cc1C. The second-order valence-electron chi connectivity index (χ2n) is 7.75. The summed E-state index contributed by atoms with van der Waals surface area (Å²) in [7, 11) is -3.00. The fraction of sp³-hybridized carbons (Fsp3) is 0.125. The number of aromatic nitrogens is 2. The molecule has 2 aromatic heterocycles. The van der Waals surface area contributed by atoms with E-state index in [2.05, 4.69) is 20.0 Å². The number of hydrogen-bond acceptors (Lipinski definition) is 7. The number of carbonyl (C=O) groups excluding carboxylic acids is 1. The van der Waals surface area contributed by atoms with E-state index in [0.717, 1.165) is 6.26 Å². The number of pyridine rings is 1. The first-order valence-electron chi connectivity index (χ1n) is 10.4. The van der Waals surface area contributed by atoms with Crippen molar-refractivity contribution in [1.29, 1.82) is 0 Å². The average Bonchev–Trinajstić information content (AvgIpc) is 3.32. The Morgan fingerprint density at radius 1 is 1.03 bits per heavy atom. The van der Waals surface area contributed by atoms with Gasteiger partial charge in [-0.2, -0.15) is 0 Å². The average molecular weight is 515 g/mol. The lowest BCUT2D eigenvalue weighted by Gasteiger charge is -2.15. The molecule has 0 atom stereocenters. The molecule has 4 aromatic rings. The summed E-state index contributed by atoms with van der Waals surface area (Å²) in [6, 6.07) is 8.93. The number of anilines is 2. The summed E-state index contributed by atoms with van der Waals surface area (Å²) in [5.74, 6) is -1.73. The third kappa shape index (κ3) is 5.18. The summed E-state index contributed by atoms with van der Waals surface area (Å²) in [5, 5.41) is 2.51. The molecule has 0 saturated heterocycles. The normalized spacial score (nSPS) is 11.2. The number of aryl methyl sites for hydroxylation is 2. The van der Waals surface area contributed by atoms with Crippen molar-refractivity contribution in [2.45, 2.75) is 18.7 Å². The number of hydrogen-bond donors (Lipinski definition) is 2. The van der Waals surface area contributed by atoms with E-state index in [0.29, 0.717) is 16.7 Å². The first-order chi connectivity index (χ1) is 17.1. The van der Waals surface area contributed by atoms with Crippen LogP contribution in [0.25, 0.3) is 11.5 Å². The van der Waals surface area contributed by atoms with Gasteiger partial charge in [-0.05, 0) is 67.4 Å². The fourth-order valence-electron chi connectivity index (χ4n) is 3.41. The topological polar surface area (TPSA) is 123 Å². The van der Waals surface area contributed by atoms with Crippen LogP contribution >= 0.6 is 0 Å². The van der Waals surface area contributed by atoms with E-state index in [1.165, 1.54) is 55.8 Å². The standard InChI is InChI=1S/C24H20F2N4O5S/c1-13-8-17(26)9-14(2)21(13)30-36(32,33)20-10-18(11-27-24(20)34-3)28-22(31)19-12-35-23(29-19)15-4-6-16(25)7-5-15/h4-12,30H,1-3H3,(H,28,31). The van der Waals surface area contributed by atoms with E-state index in [9.17, 15) is 22.0 Å². The Labute approximate surface area is 205 Å². The van der Waals surface area contributed by atoms with Crippen LogP contribution in [0, 0.1) is 25.5 Å². The number of carbonyl (C=O) groups is 1. The van der Waals surface area contributed by atoms with Crippen molar-refractivity contribution in [2.75, 3.05) is 17.1 Å². The molecule has 0 unspecified atom stereocenters. The lowest BCUT2D eigenvalue weighted by Crippen LogP contribution is -2.18. The summed E-state index contributed by atoms with van der Waals surface area (Å²) in [6.45, 7) is 3.14. The Morgan fingerprint density at radius 3 is 2.33 bits per heavy atom. The number of methoxy groups -OCH3 is 1. The van der Waals surface area contributed by atoms with Crippen LogP contribution in [0.4, 0.5) is 20.2 Å². The molecule has 2 heterocycles. The summed E-state index contributed by atoms with van der Waals surface area (Å²) in [5.41, 5.74) is 1.40. The van der Waals surface area contributed by atoms with Crippen molar-refractivity contribution < 1.29 is 31.1 Å². The summed E-state index contributed by atoms with van der Waals surface area (Å²) >= 11 is 0. The van der Waals surface area contributed by atoms with Gasteiger partial charge < -0.3 is 14.5 Å². The lowest BCUT2D eigenvalue weighted by atomic mass is 10.1. The zero-order valence-electron chi connectivity index (χ0n) is 19.3. The second-order valence-corrected chi connectivity index (χ2v) is 9.40. The van der Waals surface area contributed by atoms with Crippen LogP contribution < -0.4 is 14.8 Å². The molecule has 9 nitrogen and oxygen atoms in total. The molecule has 186 valence electrons. The molecule has 0 bridgehead atoms. The number of ether oxygens (including phenoxy) is 1. The Kier molecular flexibility index (Phi) is 6.71. The smallest absolute Gasteiger partial charge is 0.277 e. The Bertz CT molecular complexity index is 1530. The van der Waals surface area contributed by atoms with Gasteiger partial charge in [0.1, 0.15) is 17.9 Å². The molecule has 2 aromatic carbocycles. The van der Waals surface area contributed by atoms with E-state index in [-0.39, 0.29) is 33.7 Å². The van der Waals surface area contributed by atoms with Gasteiger partial charge in [0.15, 0.2) is 10.6 Å². The number of amides is 1. The predicted molar refractivity (Wildman–Crippen MR) is 127 cm³/mol. The fourth-order valence-corrected chi connectivity index (χ4v) is 4.75. The first kappa shape index (κ1) is 24.8. The van der Waals surface area contributed by atoms with Crippen molar-refractivity contribution in [2.24, 2.45) is 0 Å². The Morgan fingerprint density at radius 2 is 1.69 bits per heavy atom. The number of benzene rings is 2. The number of sulfonamides is 1. The van der Waals surface area contributed by atoms with E-state index in [1.54, 1.807) is 13.8 Å². The van der Waals surface area contributed by atoms with Crippen molar-refractivity contribution >= 4 is 27.3 Å². The minimum atomic E-state index is -4.25. The van der Waals surface area contributed by atoms with Crippen molar-refractivity contribution in [3.63, 3.8) is 0 Å². The van der Waals surface area contributed by atoms with Gasteiger partial charge in [0, 0.05) is 5.56 Å². The van der Waals surface area contributed by atoms with Gasteiger partial charge >= 0.3 is 0 Å². The molecule has 0 aliphatic carbocycles. The Hall–Kier alpha value is -4.32. The van der Waals surface area contributed by atoms with Gasteiger partial charge in [-0.1, -0.05) is 0 Å². The molecule has 12 heteroatoms. The van der Waals surface area contributed by atoms with Crippen LogP contribution in [0.3, 0.4) is 0 Å². The maximum Gasteiger partial charge on any atom is 0.277 e. The number of rotatable bonds is 7. The van der Waals surface area contributed by atoms with Gasteiger partial charge in [0.25, 0.3) is 15.9 Å². The largest absolute Gasteiger partial charge is 0.480 e. The number of oxazole rings is 1. The van der Waals surface area contributed by atoms with Crippen LogP contribution in [0.2, 0.25) is 0 Å². The molecule has 0 aliphatic heterocycles. The molecule has 0 spiro atoms. The van der Waals surface area contributed by atoms with E-state index >= 15 is 0 Å². The van der Waals surface area contributed by atoms with Crippen LogP contribution in [-0.4, -0.2) is 31.4 Å². The van der Waals surface area contributed by atoms with Crippen LogP contribution in [0.1, 0.15) is 21.6 Å². The minimum absolute atomic E-state index is 0.0417. The van der Waals surface area contributed by atoms with Crippen molar-refractivity contribution in [3.05, 3.63) is 83.4 Å². The zero-order valence-corrected chi connectivity index (χ0v) is 20.1. The van der Waals surface area contributed by atoms with E-state index < -0.39 is 27.6 Å². The maximum absolute atomic E-state index is 13.6. The predicted octanol–water partition coefficient (Wildman–Crippen LogP) is 4.69. The molecule has 0 fully saturated rings. The monoisotopic (exact) mass is 514 g/mol. The van der Waals surface area contributed by atoms with E-state index in [1.807, 2.05) is 0 Å². The quantitative estimate of drug-likeness (QED) is 0.367. The summed E-state index contributed by atoms with van der Waals surface area (Å²) in [4.78, 5) is 20.4. The molecular weight excluding hydrogens is 494 g/mol. The van der Waals surface area contributed by atoms with Gasteiger partial charge in [-0.3, -0.25) is 9.52 Å². The third-order valence-corrected chi connectivity index (χ3v) is 6.47. The van der Waals surface area contributed by atoms with Crippen LogP contribution in [-0.2, 0) is 10.0 Å². The van der Waals surface area contributed by atoms with Gasteiger partial charge in [0.2, 0.25) is 11.8 Å².